The van der Waals surface area contributed by atoms with Crippen molar-refractivity contribution in [1.29, 1.82) is 0 Å². The van der Waals surface area contributed by atoms with Crippen molar-refractivity contribution < 1.29 is 9.90 Å². The predicted octanol–water partition coefficient (Wildman–Crippen LogP) is 2.44. The van der Waals surface area contributed by atoms with Crippen LogP contribution in [0.25, 0.3) is 0 Å². The van der Waals surface area contributed by atoms with E-state index < -0.39 is 5.97 Å². The highest BCUT2D eigenvalue weighted by atomic mass is 16.4. The lowest BCUT2D eigenvalue weighted by Gasteiger charge is -2.18. The Kier molecular flexibility index (Phi) is 4.02. The van der Waals surface area contributed by atoms with Crippen molar-refractivity contribution >= 4 is 5.97 Å². The lowest BCUT2D eigenvalue weighted by Crippen LogP contribution is -2.35. The second kappa shape index (κ2) is 5.53. The molecule has 1 atom stereocenters. The monoisotopic (exact) mass is 247 g/mol. The van der Waals surface area contributed by atoms with Gasteiger partial charge in [-0.2, -0.15) is 0 Å². The van der Waals surface area contributed by atoms with Gasteiger partial charge >= 0.3 is 5.97 Å². The first-order valence-corrected chi connectivity index (χ1v) is 6.58. The molecule has 2 N–H and O–H groups in total. The van der Waals surface area contributed by atoms with E-state index in [2.05, 4.69) is 37.4 Å². The fraction of sp³-hybridized carbons (Fsp3) is 0.533. The Labute approximate surface area is 108 Å². The van der Waals surface area contributed by atoms with Gasteiger partial charge in [0.1, 0.15) is 0 Å². The van der Waals surface area contributed by atoms with Crippen molar-refractivity contribution in [2.24, 2.45) is 0 Å². The number of aliphatic carboxylic acids is 1. The van der Waals surface area contributed by atoms with E-state index in [0.717, 1.165) is 6.42 Å². The smallest absolute Gasteiger partial charge is 0.304 e. The number of carboxylic acid groups (broad SMARTS) is 1. The molecule has 0 amide bonds. The van der Waals surface area contributed by atoms with Crippen molar-refractivity contribution in [1.82, 2.24) is 5.32 Å². The summed E-state index contributed by atoms with van der Waals surface area (Å²) < 4.78 is 0. The number of carbonyl (C=O) groups is 1. The SMILES string of the molecule is Cc1ccc(CC(CC(=O)O)NC2CC2)c(C)c1. The summed E-state index contributed by atoms with van der Waals surface area (Å²) in [6, 6.07) is 6.96. The molecule has 0 bridgehead atoms. The van der Waals surface area contributed by atoms with Crippen LogP contribution in [0.2, 0.25) is 0 Å². The van der Waals surface area contributed by atoms with Gasteiger partial charge in [0.25, 0.3) is 0 Å². The van der Waals surface area contributed by atoms with E-state index in [1.807, 2.05) is 0 Å². The quantitative estimate of drug-likeness (QED) is 0.811. The molecule has 1 unspecified atom stereocenters. The molecule has 1 aliphatic carbocycles. The summed E-state index contributed by atoms with van der Waals surface area (Å²) in [5.74, 6) is -0.724. The van der Waals surface area contributed by atoms with Crippen LogP contribution in [0, 0.1) is 13.8 Å². The third-order valence-electron chi connectivity index (χ3n) is 3.43. The van der Waals surface area contributed by atoms with Gasteiger partial charge < -0.3 is 10.4 Å². The van der Waals surface area contributed by atoms with Crippen LogP contribution in [0.3, 0.4) is 0 Å². The normalized spacial score (nSPS) is 16.6. The van der Waals surface area contributed by atoms with Gasteiger partial charge in [-0.1, -0.05) is 23.8 Å². The molecule has 1 fully saturated rings. The number of nitrogens with one attached hydrogen (secondary N) is 1. The standard InChI is InChI=1S/C15H21NO2/c1-10-3-4-12(11(2)7-10)8-14(9-15(17)18)16-13-5-6-13/h3-4,7,13-14,16H,5-6,8-9H2,1-2H3,(H,17,18). The van der Waals surface area contributed by atoms with E-state index in [0.29, 0.717) is 6.04 Å². The molecule has 0 aliphatic heterocycles. The second-order valence-electron chi connectivity index (χ2n) is 5.37. The van der Waals surface area contributed by atoms with E-state index in [9.17, 15) is 4.79 Å². The lowest BCUT2D eigenvalue weighted by atomic mass is 9.97. The van der Waals surface area contributed by atoms with Crippen molar-refractivity contribution in [2.45, 2.75) is 51.6 Å². The minimum atomic E-state index is -0.724. The molecule has 2 rings (SSSR count). The Morgan fingerprint density at radius 3 is 2.72 bits per heavy atom. The van der Waals surface area contributed by atoms with Gasteiger partial charge in [0.2, 0.25) is 0 Å². The first-order chi connectivity index (χ1) is 8.54. The van der Waals surface area contributed by atoms with E-state index in [-0.39, 0.29) is 12.5 Å². The molecule has 18 heavy (non-hydrogen) atoms. The van der Waals surface area contributed by atoms with Crippen LogP contribution < -0.4 is 5.32 Å². The van der Waals surface area contributed by atoms with Gasteiger partial charge in [-0.25, -0.2) is 0 Å². The zero-order valence-electron chi connectivity index (χ0n) is 11.1. The molecule has 1 aromatic rings. The van der Waals surface area contributed by atoms with Crippen LogP contribution in [0.4, 0.5) is 0 Å². The van der Waals surface area contributed by atoms with Crippen molar-refractivity contribution in [3.63, 3.8) is 0 Å². The second-order valence-corrected chi connectivity index (χ2v) is 5.37. The highest BCUT2D eigenvalue weighted by molar-refractivity contribution is 5.67. The third-order valence-corrected chi connectivity index (χ3v) is 3.43. The zero-order valence-corrected chi connectivity index (χ0v) is 11.1. The van der Waals surface area contributed by atoms with Gasteiger partial charge in [0.05, 0.1) is 6.42 Å². The number of carboxylic acids is 1. The maximum atomic E-state index is 10.9. The number of benzene rings is 1. The van der Waals surface area contributed by atoms with Crippen molar-refractivity contribution in [2.75, 3.05) is 0 Å². The number of rotatable bonds is 6. The minimum absolute atomic E-state index is 0.0522. The minimum Gasteiger partial charge on any atom is -0.481 e. The molecule has 3 heteroatoms. The van der Waals surface area contributed by atoms with Gasteiger partial charge in [-0.05, 0) is 44.2 Å². The van der Waals surface area contributed by atoms with Gasteiger partial charge in [-0.15, -0.1) is 0 Å². The van der Waals surface area contributed by atoms with Gasteiger partial charge in [0, 0.05) is 12.1 Å². The summed E-state index contributed by atoms with van der Waals surface area (Å²) in [5.41, 5.74) is 3.75. The Balaban J connectivity index is 2.03. The molecule has 1 aromatic carbocycles. The van der Waals surface area contributed by atoms with Crippen LogP contribution >= 0.6 is 0 Å². The molecule has 98 valence electrons. The maximum absolute atomic E-state index is 10.9. The fourth-order valence-corrected chi connectivity index (χ4v) is 2.32. The molecule has 0 spiro atoms. The summed E-state index contributed by atoms with van der Waals surface area (Å²) in [6.45, 7) is 4.17. The van der Waals surface area contributed by atoms with Gasteiger partial charge in [-0.3, -0.25) is 4.79 Å². The number of hydrogen-bond donors (Lipinski definition) is 2. The molecule has 0 heterocycles. The summed E-state index contributed by atoms with van der Waals surface area (Å²) in [6.07, 6.45) is 3.37. The van der Waals surface area contributed by atoms with Crippen LogP contribution in [0.1, 0.15) is 36.0 Å². The predicted molar refractivity (Wildman–Crippen MR) is 71.8 cm³/mol. The molecule has 0 radical (unpaired) electrons. The van der Waals surface area contributed by atoms with E-state index in [1.165, 1.54) is 29.5 Å². The first-order valence-electron chi connectivity index (χ1n) is 6.58. The fourth-order valence-electron chi connectivity index (χ4n) is 2.32. The molecule has 0 aromatic heterocycles. The Bertz CT molecular complexity index is 438. The van der Waals surface area contributed by atoms with Crippen LogP contribution in [0.15, 0.2) is 18.2 Å². The molecular formula is C15H21NO2. The molecule has 3 nitrogen and oxygen atoms in total. The van der Waals surface area contributed by atoms with E-state index in [4.69, 9.17) is 5.11 Å². The number of aryl methyl sites for hydroxylation is 2. The Morgan fingerprint density at radius 1 is 1.44 bits per heavy atom. The van der Waals surface area contributed by atoms with Gasteiger partial charge in [0.15, 0.2) is 0 Å². The molecule has 0 saturated heterocycles. The van der Waals surface area contributed by atoms with Crippen molar-refractivity contribution in [3.05, 3.63) is 34.9 Å². The summed E-state index contributed by atoms with van der Waals surface area (Å²) in [5, 5.41) is 12.4. The van der Waals surface area contributed by atoms with E-state index >= 15 is 0 Å². The summed E-state index contributed by atoms with van der Waals surface area (Å²) in [4.78, 5) is 10.9. The van der Waals surface area contributed by atoms with Crippen LogP contribution in [0.5, 0.6) is 0 Å². The molecule has 1 saturated carbocycles. The van der Waals surface area contributed by atoms with E-state index in [1.54, 1.807) is 0 Å². The maximum Gasteiger partial charge on any atom is 0.304 e. The highest BCUT2D eigenvalue weighted by Gasteiger charge is 2.26. The number of hydrogen-bond acceptors (Lipinski definition) is 2. The van der Waals surface area contributed by atoms with Crippen LogP contribution in [-0.2, 0) is 11.2 Å². The molecular weight excluding hydrogens is 226 g/mol. The zero-order chi connectivity index (χ0) is 13.1. The first kappa shape index (κ1) is 13.1. The third kappa shape index (κ3) is 3.84. The van der Waals surface area contributed by atoms with Crippen molar-refractivity contribution in [3.8, 4) is 0 Å². The Hall–Kier alpha value is -1.35. The Morgan fingerprint density at radius 2 is 2.17 bits per heavy atom. The summed E-state index contributed by atoms with van der Waals surface area (Å²) in [7, 11) is 0. The summed E-state index contributed by atoms with van der Waals surface area (Å²) >= 11 is 0. The largest absolute Gasteiger partial charge is 0.481 e. The topological polar surface area (TPSA) is 49.3 Å². The van der Waals surface area contributed by atoms with Crippen LogP contribution in [-0.4, -0.2) is 23.2 Å². The lowest BCUT2D eigenvalue weighted by molar-refractivity contribution is -0.137. The highest BCUT2D eigenvalue weighted by Crippen LogP contribution is 2.22. The average Bonchev–Trinajstić information content (AvgIpc) is 3.05. The average molecular weight is 247 g/mol. The molecule has 1 aliphatic rings.